The second-order valence-corrected chi connectivity index (χ2v) is 7.34. The molecule has 140 valence electrons. The van der Waals surface area contributed by atoms with Crippen LogP contribution in [0.3, 0.4) is 0 Å². The summed E-state index contributed by atoms with van der Waals surface area (Å²) in [5.41, 5.74) is 3.30. The SMILES string of the molecule is Cc1c(-c2ccc(Cl)cc2)c(=O)oc2ccc(OCc3ccc(Cl)cc3)cc12. The zero-order valence-electron chi connectivity index (χ0n) is 15.0. The molecule has 5 heteroatoms. The van der Waals surface area contributed by atoms with Crippen molar-refractivity contribution in [3.8, 4) is 16.9 Å². The summed E-state index contributed by atoms with van der Waals surface area (Å²) in [6.45, 7) is 2.33. The largest absolute Gasteiger partial charge is 0.489 e. The van der Waals surface area contributed by atoms with E-state index >= 15 is 0 Å². The Hall–Kier alpha value is -2.75. The van der Waals surface area contributed by atoms with E-state index in [1.54, 1.807) is 24.3 Å². The third-order valence-electron chi connectivity index (χ3n) is 4.59. The number of halogens is 2. The lowest BCUT2D eigenvalue weighted by atomic mass is 9.99. The topological polar surface area (TPSA) is 39.4 Å². The minimum absolute atomic E-state index is 0.373. The van der Waals surface area contributed by atoms with E-state index in [9.17, 15) is 4.79 Å². The minimum atomic E-state index is -0.373. The molecule has 4 aromatic rings. The summed E-state index contributed by atoms with van der Waals surface area (Å²) in [5, 5.41) is 2.14. The van der Waals surface area contributed by atoms with E-state index in [4.69, 9.17) is 32.4 Å². The summed E-state index contributed by atoms with van der Waals surface area (Å²) in [7, 11) is 0. The van der Waals surface area contributed by atoms with E-state index in [1.807, 2.05) is 49.4 Å². The van der Waals surface area contributed by atoms with Crippen LogP contribution in [0.15, 0.2) is 75.9 Å². The zero-order chi connectivity index (χ0) is 19.7. The molecular formula is C23H16Cl2O3. The molecule has 0 saturated heterocycles. The highest BCUT2D eigenvalue weighted by atomic mass is 35.5. The molecule has 3 nitrogen and oxygen atoms in total. The third-order valence-corrected chi connectivity index (χ3v) is 5.09. The number of hydrogen-bond acceptors (Lipinski definition) is 3. The Bertz CT molecular complexity index is 1190. The maximum Gasteiger partial charge on any atom is 0.344 e. The molecule has 0 amide bonds. The summed E-state index contributed by atoms with van der Waals surface area (Å²) in [4.78, 5) is 12.5. The van der Waals surface area contributed by atoms with Gasteiger partial charge in [0.25, 0.3) is 0 Å². The first-order chi connectivity index (χ1) is 13.5. The van der Waals surface area contributed by atoms with Crippen molar-refractivity contribution in [3.63, 3.8) is 0 Å². The van der Waals surface area contributed by atoms with Gasteiger partial charge in [0.05, 0.1) is 5.56 Å². The monoisotopic (exact) mass is 410 g/mol. The highest BCUT2D eigenvalue weighted by molar-refractivity contribution is 6.30. The third kappa shape index (κ3) is 3.77. The van der Waals surface area contributed by atoms with E-state index in [1.165, 1.54) is 0 Å². The van der Waals surface area contributed by atoms with E-state index in [0.717, 1.165) is 22.1 Å². The molecule has 0 radical (unpaired) electrons. The zero-order valence-corrected chi connectivity index (χ0v) is 16.6. The molecule has 0 N–H and O–H groups in total. The second kappa shape index (κ2) is 7.70. The lowest BCUT2D eigenvalue weighted by Gasteiger charge is -2.11. The molecule has 1 aromatic heterocycles. The van der Waals surface area contributed by atoms with Crippen molar-refractivity contribution < 1.29 is 9.15 Å². The number of ether oxygens (including phenoxy) is 1. The minimum Gasteiger partial charge on any atom is -0.489 e. The maximum atomic E-state index is 12.5. The van der Waals surface area contributed by atoms with E-state index in [0.29, 0.717) is 33.5 Å². The van der Waals surface area contributed by atoms with Gasteiger partial charge in [-0.05, 0) is 66.1 Å². The van der Waals surface area contributed by atoms with Gasteiger partial charge in [0.1, 0.15) is 17.9 Å². The molecule has 0 unspecified atom stereocenters. The van der Waals surface area contributed by atoms with Gasteiger partial charge in [0.15, 0.2) is 0 Å². The standard InChI is InChI=1S/C23H16Cl2O3/c1-14-20-12-19(27-13-15-2-6-17(24)7-3-15)10-11-21(20)28-23(26)22(14)16-4-8-18(25)9-5-16/h2-12H,13H2,1H3. The molecule has 0 aliphatic rings. The van der Waals surface area contributed by atoms with Crippen LogP contribution in [0.1, 0.15) is 11.1 Å². The fourth-order valence-corrected chi connectivity index (χ4v) is 3.37. The lowest BCUT2D eigenvalue weighted by molar-refractivity contribution is 0.306. The number of aryl methyl sites for hydroxylation is 1. The van der Waals surface area contributed by atoms with Crippen molar-refractivity contribution in [1.82, 2.24) is 0 Å². The molecule has 0 fully saturated rings. The van der Waals surface area contributed by atoms with Crippen LogP contribution >= 0.6 is 23.2 Å². The molecule has 0 aliphatic carbocycles. The number of benzene rings is 3. The van der Waals surface area contributed by atoms with Crippen molar-refractivity contribution in [1.29, 1.82) is 0 Å². The molecule has 0 saturated carbocycles. The van der Waals surface area contributed by atoms with Crippen LogP contribution in [0.5, 0.6) is 5.75 Å². The van der Waals surface area contributed by atoms with Crippen molar-refractivity contribution in [2.75, 3.05) is 0 Å². The molecule has 0 bridgehead atoms. The van der Waals surface area contributed by atoms with E-state index in [-0.39, 0.29) is 5.63 Å². The summed E-state index contributed by atoms with van der Waals surface area (Å²) in [6, 6.07) is 20.1. The van der Waals surface area contributed by atoms with Gasteiger partial charge in [-0.25, -0.2) is 4.79 Å². The molecule has 0 atom stereocenters. The molecular weight excluding hydrogens is 395 g/mol. The van der Waals surface area contributed by atoms with Crippen molar-refractivity contribution in [3.05, 3.63) is 98.3 Å². The van der Waals surface area contributed by atoms with Crippen LogP contribution < -0.4 is 10.4 Å². The van der Waals surface area contributed by atoms with Gasteiger partial charge in [0.2, 0.25) is 0 Å². The maximum absolute atomic E-state index is 12.5. The highest BCUT2D eigenvalue weighted by Gasteiger charge is 2.14. The number of rotatable bonds is 4. The highest BCUT2D eigenvalue weighted by Crippen LogP contribution is 2.30. The van der Waals surface area contributed by atoms with Crippen LogP contribution in [-0.4, -0.2) is 0 Å². The predicted octanol–water partition coefficient (Wildman–Crippen LogP) is 6.65. The van der Waals surface area contributed by atoms with Gasteiger partial charge < -0.3 is 9.15 Å². The summed E-state index contributed by atoms with van der Waals surface area (Å²) < 4.78 is 11.4. The fraction of sp³-hybridized carbons (Fsp3) is 0.0870. The molecule has 3 aromatic carbocycles. The fourth-order valence-electron chi connectivity index (χ4n) is 3.12. The van der Waals surface area contributed by atoms with E-state index < -0.39 is 0 Å². The quantitative estimate of drug-likeness (QED) is 0.353. The van der Waals surface area contributed by atoms with Gasteiger partial charge in [0, 0.05) is 15.4 Å². The molecule has 28 heavy (non-hydrogen) atoms. The Morgan fingerprint density at radius 1 is 0.893 bits per heavy atom. The van der Waals surface area contributed by atoms with Crippen molar-refractivity contribution in [2.45, 2.75) is 13.5 Å². The Kier molecular flexibility index (Phi) is 5.12. The van der Waals surface area contributed by atoms with Crippen LogP contribution in [0.25, 0.3) is 22.1 Å². The van der Waals surface area contributed by atoms with Crippen LogP contribution in [-0.2, 0) is 6.61 Å². The Balaban J connectivity index is 1.70. The molecule has 1 heterocycles. The van der Waals surface area contributed by atoms with E-state index in [2.05, 4.69) is 0 Å². The Labute approximate surface area is 172 Å². The summed E-state index contributed by atoms with van der Waals surface area (Å²) in [5.74, 6) is 0.696. The Morgan fingerprint density at radius 2 is 1.54 bits per heavy atom. The number of hydrogen-bond donors (Lipinski definition) is 0. The Morgan fingerprint density at radius 3 is 2.21 bits per heavy atom. The smallest absolute Gasteiger partial charge is 0.344 e. The average molecular weight is 411 g/mol. The summed E-state index contributed by atoms with van der Waals surface area (Å²) >= 11 is 11.9. The predicted molar refractivity (Wildman–Crippen MR) is 113 cm³/mol. The average Bonchev–Trinajstić information content (AvgIpc) is 2.69. The van der Waals surface area contributed by atoms with Crippen molar-refractivity contribution >= 4 is 34.2 Å². The van der Waals surface area contributed by atoms with Crippen LogP contribution in [0, 0.1) is 6.92 Å². The van der Waals surface area contributed by atoms with Crippen LogP contribution in [0.2, 0.25) is 10.0 Å². The van der Waals surface area contributed by atoms with Gasteiger partial charge in [-0.1, -0.05) is 47.5 Å². The first-order valence-corrected chi connectivity index (χ1v) is 9.47. The number of fused-ring (bicyclic) bond motifs is 1. The van der Waals surface area contributed by atoms with Gasteiger partial charge in [-0.15, -0.1) is 0 Å². The first kappa shape index (κ1) is 18.6. The van der Waals surface area contributed by atoms with Gasteiger partial charge >= 0.3 is 5.63 Å². The first-order valence-electron chi connectivity index (χ1n) is 8.72. The van der Waals surface area contributed by atoms with Gasteiger partial charge in [-0.3, -0.25) is 0 Å². The van der Waals surface area contributed by atoms with Crippen LogP contribution in [0.4, 0.5) is 0 Å². The second-order valence-electron chi connectivity index (χ2n) is 6.47. The van der Waals surface area contributed by atoms with Gasteiger partial charge in [-0.2, -0.15) is 0 Å². The summed E-state index contributed by atoms with van der Waals surface area (Å²) in [6.07, 6.45) is 0. The molecule has 0 spiro atoms. The lowest BCUT2D eigenvalue weighted by Crippen LogP contribution is -2.06. The molecule has 4 rings (SSSR count). The molecule has 0 aliphatic heterocycles. The normalized spacial score (nSPS) is 11.0. The van der Waals surface area contributed by atoms with Crippen molar-refractivity contribution in [2.24, 2.45) is 0 Å².